The Labute approximate surface area is 151 Å². The second kappa shape index (κ2) is 6.14. The molecule has 1 N–H and O–H groups in total. The van der Waals surface area contributed by atoms with Gasteiger partial charge in [-0.3, -0.25) is 14.8 Å². The predicted molar refractivity (Wildman–Crippen MR) is 90.1 cm³/mol. The number of carbonyl (C=O) groups excluding carboxylic acids is 1. The Morgan fingerprint density at radius 3 is 2.73 bits per heavy atom. The molecule has 3 aromatic heterocycles. The summed E-state index contributed by atoms with van der Waals surface area (Å²) in [6, 6.07) is 3.97. The van der Waals surface area contributed by atoms with Crippen molar-refractivity contribution in [3.05, 3.63) is 65.3 Å². The van der Waals surface area contributed by atoms with Gasteiger partial charge < -0.3 is 5.32 Å². The van der Waals surface area contributed by atoms with Crippen LogP contribution in [0.4, 0.5) is 14.6 Å². The lowest BCUT2D eigenvalue weighted by atomic mass is 10.00. The number of carbonyl (C=O) groups is 1. The molecule has 6 nitrogen and oxygen atoms in total. The summed E-state index contributed by atoms with van der Waals surface area (Å²) in [6.45, 7) is 0. The molecule has 1 fully saturated rings. The van der Waals surface area contributed by atoms with Gasteiger partial charge in [-0.2, -0.15) is 5.10 Å². The van der Waals surface area contributed by atoms with Gasteiger partial charge in [0.05, 0.1) is 34.2 Å². The van der Waals surface area contributed by atoms with E-state index < -0.39 is 23.0 Å². The van der Waals surface area contributed by atoms with Crippen LogP contribution >= 0.6 is 11.6 Å². The van der Waals surface area contributed by atoms with Crippen molar-refractivity contribution in [3.8, 4) is 5.69 Å². The number of nitrogens with one attached hydrogen (secondary N) is 1. The van der Waals surface area contributed by atoms with Gasteiger partial charge in [-0.25, -0.2) is 13.5 Å². The number of hydrogen-bond acceptors (Lipinski definition) is 4. The summed E-state index contributed by atoms with van der Waals surface area (Å²) in [5.41, 5.74) is -0.524. The maximum Gasteiger partial charge on any atom is 0.237 e. The van der Waals surface area contributed by atoms with Crippen LogP contribution in [0.15, 0.2) is 43.0 Å². The lowest BCUT2D eigenvalue weighted by molar-refractivity contribution is -0.118. The standard InChI is InChI=1S/C17H12ClF2N5O/c18-10-5-13(20)15(22-7-10)17(2-3-17)16(26)23-14-1-4-25(24-14)12-6-11(19)8-21-9-12/h1,4-9H,2-3H2,(H,23,24,26). The van der Waals surface area contributed by atoms with Crippen LogP contribution in [-0.4, -0.2) is 25.7 Å². The Balaban J connectivity index is 1.55. The van der Waals surface area contributed by atoms with E-state index in [1.165, 1.54) is 23.1 Å². The molecule has 0 atom stereocenters. The molecule has 0 saturated heterocycles. The van der Waals surface area contributed by atoms with Crippen LogP contribution < -0.4 is 5.32 Å². The molecular weight excluding hydrogens is 364 g/mol. The van der Waals surface area contributed by atoms with E-state index in [2.05, 4.69) is 20.4 Å². The zero-order valence-corrected chi connectivity index (χ0v) is 14.0. The molecule has 1 aliphatic rings. The van der Waals surface area contributed by atoms with Crippen LogP contribution in [0.25, 0.3) is 5.69 Å². The molecular formula is C17H12ClF2N5O. The van der Waals surface area contributed by atoms with E-state index >= 15 is 0 Å². The van der Waals surface area contributed by atoms with Crippen molar-refractivity contribution >= 4 is 23.3 Å². The largest absolute Gasteiger partial charge is 0.308 e. The highest BCUT2D eigenvalue weighted by Gasteiger charge is 2.54. The molecule has 0 radical (unpaired) electrons. The Bertz CT molecular complexity index is 1000. The fourth-order valence-corrected chi connectivity index (χ4v) is 2.90. The highest BCUT2D eigenvalue weighted by Crippen LogP contribution is 2.49. The van der Waals surface area contributed by atoms with Crippen molar-refractivity contribution in [2.75, 3.05) is 5.32 Å². The van der Waals surface area contributed by atoms with E-state index in [1.807, 2.05) is 0 Å². The van der Waals surface area contributed by atoms with Gasteiger partial charge in [-0.1, -0.05) is 11.6 Å². The number of aromatic nitrogens is 4. The average molecular weight is 376 g/mol. The average Bonchev–Trinajstić information content (AvgIpc) is 3.27. The summed E-state index contributed by atoms with van der Waals surface area (Å²) in [5.74, 6) is -1.24. The molecule has 0 unspecified atom stereocenters. The summed E-state index contributed by atoms with van der Waals surface area (Å²) < 4.78 is 28.8. The van der Waals surface area contributed by atoms with Crippen LogP contribution in [0.2, 0.25) is 5.02 Å². The maximum absolute atomic E-state index is 14.2. The third kappa shape index (κ3) is 2.92. The molecule has 0 bridgehead atoms. The summed E-state index contributed by atoms with van der Waals surface area (Å²) in [4.78, 5) is 20.4. The fraction of sp³-hybridized carbons (Fsp3) is 0.176. The van der Waals surface area contributed by atoms with E-state index in [4.69, 9.17) is 11.6 Å². The summed E-state index contributed by atoms with van der Waals surface area (Å²) in [6.07, 6.45) is 6.38. The monoisotopic (exact) mass is 375 g/mol. The van der Waals surface area contributed by atoms with Crippen LogP contribution in [-0.2, 0) is 10.2 Å². The molecule has 4 rings (SSSR count). The topological polar surface area (TPSA) is 72.7 Å². The van der Waals surface area contributed by atoms with Crippen molar-refractivity contribution in [1.29, 1.82) is 0 Å². The molecule has 1 saturated carbocycles. The number of rotatable bonds is 4. The molecule has 1 aliphatic carbocycles. The fourth-order valence-electron chi connectivity index (χ4n) is 2.76. The third-order valence-electron chi connectivity index (χ3n) is 4.23. The Morgan fingerprint density at radius 1 is 1.23 bits per heavy atom. The first-order valence-corrected chi connectivity index (χ1v) is 8.15. The molecule has 3 heterocycles. The van der Waals surface area contributed by atoms with Gasteiger partial charge in [0.1, 0.15) is 11.6 Å². The van der Waals surface area contributed by atoms with Gasteiger partial charge in [-0.05, 0) is 18.9 Å². The van der Waals surface area contributed by atoms with E-state index in [1.54, 1.807) is 12.3 Å². The smallest absolute Gasteiger partial charge is 0.237 e. The second-order valence-electron chi connectivity index (χ2n) is 6.03. The molecule has 9 heteroatoms. The molecule has 132 valence electrons. The Kier molecular flexibility index (Phi) is 3.91. The van der Waals surface area contributed by atoms with Gasteiger partial charge in [0.15, 0.2) is 5.82 Å². The number of amides is 1. The van der Waals surface area contributed by atoms with Crippen LogP contribution in [0.3, 0.4) is 0 Å². The maximum atomic E-state index is 14.2. The predicted octanol–water partition coefficient (Wildman–Crippen LogP) is 3.26. The molecule has 3 aromatic rings. The van der Waals surface area contributed by atoms with Crippen molar-refractivity contribution in [1.82, 2.24) is 19.7 Å². The van der Waals surface area contributed by atoms with Gasteiger partial charge in [-0.15, -0.1) is 0 Å². The lowest BCUT2D eigenvalue weighted by Gasteiger charge is -2.14. The Hall–Kier alpha value is -2.87. The quantitative estimate of drug-likeness (QED) is 0.759. The molecule has 1 amide bonds. The zero-order valence-electron chi connectivity index (χ0n) is 13.3. The van der Waals surface area contributed by atoms with E-state index in [-0.39, 0.29) is 16.5 Å². The van der Waals surface area contributed by atoms with Crippen molar-refractivity contribution in [3.63, 3.8) is 0 Å². The van der Waals surface area contributed by atoms with Gasteiger partial charge >= 0.3 is 0 Å². The minimum atomic E-state index is -1.02. The van der Waals surface area contributed by atoms with Crippen LogP contribution in [0, 0.1) is 11.6 Å². The minimum absolute atomic E-state index is 0.0770. The first-order chi connectivity index (χ1) is 12.5. The molecule has 26 heavy (non-hydrogen) atoms. The van der Waals surface area contributed by atoms with Crippen molar-refractivity contribution in [2.24, 2.45) is 0 Å². The molecule has 0 aromatic carbocycles. The molecule has 0 aliphatic heterocycles. The first-order valence-electron chi connectivity index (χ1n) is 7.77. The highest BCUT2D eigenvalue weighted by atomic mass is 35.5. The second-order valence-corrected chi connectivity index (χ2v) is 6.46. The highest BCUT2D eigenvalue weighted by molar-refractivity contribution is 6.30. The summed E-state index contributed by atoms with van der Waals surface area (Å²) in [5, 5.41) is 7.01. The summed E-state index contributed by atoms with van der Waals surface area (Å²) in [7, 11) is 0. The normalized spacial score (nSPS) is 14.9. The lowest BCUT2D eigenvalue weighted by Crippen LogP contribution is -2.30. The third-order valence-corrected chi connectivity index (χ3v) is 4.44. The summed E-state index contributed by atoms with van der Waals surface area (Å²) >= 11 is 5.72. The minimum Gasteiger partial charge on any atom is -0.308 e. The number of halogens is 3. The van der Waals surface area contributed by atoms with Crippen molar-refractivity contribution in [2.45, 2.75) is 18.3 Å². The van der Waals surface area contributed by atoms with Gasteiger partial charge in [0.2, 0.25) is 5.91 Å². The van der Waals surface area contributed by atoms with E-state index in [9.17, 15) is 13.6 Å². The number of hydrogen-bond donors (Lipinski definition) is 1. The SMILES string of the molecule is O=C(Nc1ccn(-c2cncc(F)c2)n1)C1(c2ncc(Cl)cc2F)CC1. The van der Waals surface area contributed by atoms with E-state index in [0.717, 1.165) is 12.3 Å². The number of nitrogens with zero attached hydrogens (tertiary/aromatic N) is 4. The number of anilines is 1. The first kappa shape index (κ1) is 16.6. The molecule has 0 spiro atoms. The van der Waals surface area contributed by atoms with Crippen molar-refractivity contribution < 1.29 is 13.6 Å². The van der Waals surface area contributed by atoms with Gasteiger partial charge in [0.25, 0.3) is 0 Å². The number of pyridine rings is 2. The zero-order chi connectivity index (χ0) is 18.3. The Morgan fingerprint density at radius 2 is 2.04 bits per heavy atom. The van der Waals surface area contributed by atoms with Crippen LogP contribution in [0.1, 0.15) is 18.5 Å². The van der Waals surface area contributed by atoms with Gasteiger partial charge in [0, 0.05) is 24.5 Å². The van der Waals surface area contributed by atoms with Crippen LogP contribution in [0.5, 0.6) is 0 Å². The van der Waals surface area contributed by atoms with E-state index in [0.29, 0.717) is 18.5 Å².